The minimum Gasteiger partial charge on any atom is -0.383 e. The van der Waals surface area contributed by atoms with E-state index in [1.54, 1.807) is 14.0 Å². The van der Waals surface area contributed by atoms with Gasteiger partial charge in [0.05, 0.1) is 19.2 Å². The van der Waals surface area contributed by atoms with Crippen LogP contribution in [0.25, 0.3) is 0 Å². The van der Waals surface area contributed by atoms with Crippen LogP contribution in [0.4, 0.5) is 0 Å². The van der Waals surface area contributed by atoms with Gasteiger partial charge in [-0.1, -0.05) is 0 Å². The van der Waals surface area contributed by atoms with Crippen LogP contribution in [0, 0.1) is 0 Å². The zero-order valence-electron chi connectivity index (χ0n) is 12.1. The molecule has 2 atom stereocenters. The second-order valence-corrected chi connectivity index (χ2v) is 5.06. The first-order valence-electron chi connectivity index (χ1n) is 6.85. The molecule has 1 saturated heterocycles. The molecule has 0 aliphatic carbocycles. The topological polar surface area (TPSA) is 70.7 Å². The third kappa shape index (κ3) is 5.57. The van der Waals surface area contributed by atoms with Crippen molar-refractivity contribution in [1.29, 1.82) is 0 Å². The van der Waals surface area contributed by atoms with E-state index in [-0.39, 0.29) is 30.4 Å². The Kier molecular flexibility index (Phi) is 6.80. The summed E-state index contributed by atoms with van der Waals surface area (Å²) in [4.78, 5) is 25.5. The van der Waals surface area contributed by atoms with E-state index in [9.17, 15) is 9.59 Å². The highest BCUT2D eigenvalue weighted by molar-refractivity contribution is 5.83. The Labute approximate surface area is 114 Å². The van der Waals surface area contributed by atoms with Gasteiger partial charge in [0.1, 0.15) is 0 Å². The molecule has 1 aliphatic rings. The largest absolute Gasteiger partial charge is 0.383 e. The number of ether oxygens (including phenoxy) is 1. The first kappa shape index (κ1) is 15.9. The Hall–Kier alpha value is -1.14. The van der Waals surface area contributed by atoms with Gasteiger partial charge in [-0.3, -0.25) is 14.9 Å². The number of carbonyl (C=O) groups excluding carboxylic acids is 2. The average Bonchev–Trinajstić information content (AvgIpc) is 2.89. The monoisotopic (exact) mass is 271 g/mol. The Morgan fingerprint density at radius 3 is 2.47 bits per heavy atom. The molecule has 0 radical (unpaired) electrons. The molecule has 2 unspecified atom stereocenters. The molecule has 0 aromatic rings. The van der Waals surface area contributed by atoms with Crippen molar-refractivity contribution in [3.05, 3.63) is 0 Å². The molecule has 1 fully saturated rings. The number of hydrogen-bond donors (Lipinski definition) is 2. The summed E-state index contributed by atoms with van der Waals surface area (Å²) in [5.74, 6) is -0.0409. The van der Waals surface area contributed by atoms with Gasteiger partial charge < -0.3 is 15.0 Å². The fourth-order valence-electron chi connectivity index (χ4n) is 2.16. The lowest BCUT2D eigenvalue weighted by atomic mass is 10.3. The van der Waals surface area contributed by atoms with Crippen molar-refractivity contribution in [2.75, 3.05) is 33.4 Å². The van der Waals surface area contributed by atoms with Gasteiger partial charge in [0.25, 0.3) is 0 Å². The molecule has 0 aromatic heterocycles. The number of nitrogens with one attached hydrogen (secondary N) is 2. The third-order valence-corrected chi connectivity index (χ3v) is 3.18. The van der Waals surface area contributed by atoms with E-state index in [1.807, 2.05) is 11.8 Å². The Balaban J connectivity index is 2.23. The first-order valence-corrected chi connectivity index (χ1v) is 6.85. The summed E-state index contributed by atoms with van der Waals surface area (Å²) in [6, 6.07) is -0.342. The molecule has 6 nitrogen and oxygen atoms in total. The molecule has 0 aromatic carbocycles. The van der Waals surface area contributed by atoms with Gasteiger partial charge in [-0.05, 0) is 26.7 Å². The van der Waals surface area contributed by atoms with Crippen LogP contribution in [0.2, 0.25) is 0 Å². The van der Waals surface area contributed by atoms with Crippen molar-refractivity contribution in [3.63, 3.8) is 0 Å². The van der Waals surface area contributed by atoms with E-state index in [0.717, 1.165) is 25.9 Å². The van der Waals surface area contributed by atoms with Gasteiger partial charge in [-0.25, -0.2) is 0 Å². The lowest BCUT2D eigenvalue weighted by molar-refractivity contribution is -0.132. The zero-order chi connectivity index (χ0) is 14.3. The summed E-state index contributed by atoms with van der Waals surface area (Å²) in [5.41, 5.74) is 0. The Bertz CT molecular complexity index is 304. The van der Waals surface area contributed by atoms with Gasteiger partial charge in [-0.15, -0.1) is 0 Å². The van der Waals surface area contributed by atoms with Crippen LogP contribution in [0.3, 0.4) is 0 Å². The van der Waals surface area contributed by atoms with Gasteiger partial charge >= 0.3 is 0 Å². The molecule has 0 saturated carbocycles. The lowest BCUT2D eigenvalue weighted by Crippen LogP contribution is -2.48. The molecular formula is C13H25N3O3. The predicted octanol–water partition coefficient (Wildman–Crippen LogP) is -0.262. The quantitative estimate of drug-likeness (QED) is 0.669. The van der Waals surface area contributed by atoms with Gasteiger partial charge in [0, 0.05) is 26.2 Å². The first-order chi connectivity index (χ1) is 9.04. The number of amides is 2. The summed E-state index contributed by atoms with van der Waals surface area (Å²) in [6.07, 6.45) is 2.15. The molecule has 1 aliphatic heterocycles. The summed E-state index contributed by atoms with van der Waals surface area (Å²) in [6.45, 7) is 5.97. The maximum absolute atomic E-state index is 12.0. The van der Waals surface area contributed by atoms with Crippen LogP contribution in [0.15, 0.2) is 0 Å². The smallest absolute Gasteiger partial charge is 0.239 e. The van der Waals surface area contributed by atoms with E-state index in [2.05, 4.69) is 10.6 Å². The van der Waals surface area contributed by atoms with E-state index >= 15 is 0 Å². The number of hydrogen-bond acceptors (Lipinski definition) is 4. The lowest BCUT2D eigenvalue weighted by Gasteiger charge is -2.21. The summed E-state index contributed by atoms with van der Waals surface area (Å²) >= 11 is 0. The molecular weight excluding hydrogens is 246 g/mol. The summed E-state index contributed by atoms with van der Waals surface area (Å²) < 4.78 is 4.94. The normalized spacial score (nSPS) is 18.2. The number of nitrogens with zero attached hydrogens (tertiary/aromatic N) is 1. The molecule has 1 rings (SSSR count). The highest BCUT2D eigenvalue weighted by atomic mass is 16.5. The summed E-state index contributed by atoms with van der Waals surface area (Å²) in [5, 5.41) is 5.76. The SMILES string of the molecule is COCC(C)NC(=O)CNC(C)C(=O)N1CCCC1. The molecule has 0 bridgehead atoms. The van der Waals surface area contributed by atoms with Gasteiger partial charge in [0.2, 0.25) is 11.8 Å². The van der Waals surface area contributed by atoms with Crippen molar-refractivity contribution >= 4 is 11.8 Å². The fourth-order valence-corrected chi connectivity index (χ4v) is 2.16. The van der Waals surface area contributed by atoms with Gasteiger partial charge in [0.15, 0.2) is 0 Å². The van der Waals surface area contributed by atoms with E-state index < -0.39 is 0 Å². The molecule has 19 heavy (non-hydrogen) atoms. The molecule has 0 spiro atoms. The fraction of sp³-hybridized carbons (Fsp3) is 0.846. The maximum Gasteiger partial charge on any atom is 0.239 e. The molecule has 110 valence electrons. The van der Waals surface area contributed by atoms with Crippen molar-refractivity contribution < 1.29 is 14.3 Å². The number of rotatable bonds is 7. The second kappa shape index (κ2) is 8.12. The highest BCUT2D eigenvalue weighted by Crippen LogP contribution is 2.08. The highest BCUT2D eigenvalue weighted by Gasteiger charge is 2.23. The van der Waals surface area contributed by atoms with Crippen LogP contribution in [0.5, 0.6) is 0 Å². The zero-order valence-corrected chi connectivity index (χ0v) is 12.1. The maximum atomic E-state index is 12.0. The number of methoxy groups -OCH3 is 1. The molecule has 1 heterocycles. The van der Waals surface area contributed by atoms with Crippen molar-refractivity contribution in [2.45, 2.75) is 38.8 Å². The van der Waals surface area contributed by atoms with Crippen LogP contribution in [0.1, 0.15) is 26.7 Å². The molecule has 6 heteroatoms. The predicted molar refractivity (Wildman–Crippen MR) is 72.8 cm³/mol. The number of carbonyl (C=O) groups is 2. The average molecular weight is 271 g/mol. The molecule has 2 amide bonds. The summed E-state index contributed by atoms with van der Waals surface area (Å²) in [7, 11) is 1.59. The Morgan fingerprint density at radius 1 is 1.26 bits per heavy atom. The van der Waals surface area contributed by atoms with E-state index in [4.69, 9.17) is 4.74 Å². The van der Waals surface area contributed by atoms with Crippen LogP contribution in [-0.2, 0) is 14.3 Å². The van der Waals surface area contributed by atoms with Crippen LogP contribution < -0.4 is 10.6 Å². The Morgan fingerprint density at radius 2 is 1.89 bits per heavy atom. The molecule has 2 N–H and O–H groups in total. The number of likely N-dealkylation sites (tertiary alicyclic amines) is 1. The van der Waals surface area contributed by atoms with Crippen LogP contribution >= 0.6 is 0 Å². The van der Waals surface area contributed by atoms with Crippen LogP contribution in [-0.4, -0.2) is 62.1 Å². The van der Waals surface area contributed by atoms with Gasteiger partial charge in [-0.2, -0.15) is 0 Å². The minimum atomic E-state index is -0.318. The third-order valence-electron chi connectivity index (χ3n) is 3.18. The van der Waals surface area contributed by atoms with E-state index in [0.29, 0.717) is 6.61 Å². The van der Waals surface area contributed by atoms with Crippen molar-refractivity contribution in [2.24, 2.45) is 0 Å². The van der Waals surface area contributed by atoms with Crippen molar-refractivity contribution in [3.8, 4) is 0 Å². The second-order valence-electron chi connectivity index (χ2n) is 5.06. The minimum absolute atomic E-state index is 0.0242. The van der Waals surface area contributed by atoms with Crippen molar-refractivity contribution in [1.82, 2.24) is 15.5 Å². The standard InChI is InChI=1S/C13H25N3O3/c1-10(9-19-3)15-12(17)8-14-11(2)13(18)16-6-4-5-7-16/h10-11,14H,4-9H2,1-3H3,(H,15,17). The van der Waals surface area contributed by atoms with E-state index in [1.165, 1.54) is 0 Å².